The molecule has 5 nitrogen and oxygen atoms in total. The average molecular weight is 469 g/mol. The summed E-state index contributed by atoms with van der Waals surface area (Å²) in [6.07, 6.45) is 0.542. The molecule has 0 unspecified atom stereocenters. The van der Waals surface area contributed by atoms with Crippen molar-refractivity contribution < 1.29 is 18.0 Å². The van der Waals surface area contributed by atoms with E-state index in [0.29, 0.717) is 16.4 Å². The standard InChI is InChI=1S/C24H19F3N4OS/c1-15-6-8-18(13-20(15)24(25,26)27)30-22(32)17-7-5-16(2)21(12-17)31(23-29-10-11-33-23)19-4-3-9-28-14-19/h3-14H,1-2H3,(H,30,32). The topological polar surface area (TPSA) is 58.1 Å². The fourth-order valence-corrected chi connectivity index (χ4v) is 4.04. The van der Waals surface area contributed by atoms with Crippen molar-refractivity contribution >= 4 is 39.4 Å². The summed E-state index contributed by atoms with van der Waals surface area (Å²) in [6, 6.07) is 12.5. The Hall–Kier alpha value is -3.72. The molecular formula is C24H19F3N4OS. The van der Waals surface area contributed by atoms with Gasteiger partial charge in [-0.05, 0) is 61.4 Å². The van der Waals surface area contributed by atoms with Crippen LogP contribution in [0.3, 0.4) is 0 Å². The van der Waals surface area contributed by atoms with Crippen molar-refractivity contribution in [3.8, 4) is 0 Å². The molecule has 2 aromatic carbocycles. The lowest BCUT2D eigenvalue weighted by atomic mass is 10.1. The molecule has 0 radical (unpaired) electrons. The van der Waals surface area contributed by atoms with E-state index in [2.05, 4.69) is 15.3 Å². The van der Waals surface area contributed by atoms with E-state index in [1.807, 2.05) is 23.3 Å². The minimum absolute atomic E-state index is 0.0732. The number of halogens is 3. The average Bonchev–Trinajstić information content (AvgIpc) is 3.31. The van der Waals surface area contributed by atoms with E-state index in [1.165, 1.54) is 30.4 Å². The van der Waals surface area contributed by atoms with Crippen LogP contribution in [0.5, 0.6) is 0 Å². The Morgan fingerprint density at radius 3 is 2.48 bits per heavy atom. The molecule has 0 saturated carbocycles. The molecule has 2 aromatic heterocycles. The third-order valence-electron chi connectivity index (χ3n) is 5.03. The molecule has 1 amide bonds. The van der Waals surface area contributed by atoms with Crippen LogP contribution in [0, 0.1) is 13.8 Å². The molecular weight excluding hydrogens is 449 g/mol. The summed E-state index contributed by atoms with van der Waals surface area (Å²) in [5.74, 6) is -0.515. The molecule has 0 bridgehead atoms. The van der Waals surface area contributed by atoms with Crippen molar-refractivity contribution in [1.29, 1.82) is 0 Å². The van der Waals surface area contributed by atoms with E-state index in [9.17, 15) is 18.0 Å². The summed E-state index contributed by atoms with van der Waals surface area (Å²) >= 11 is 1.43. The normalized spacial score (nSPS) is 11.3. The zero-order valence-corrected chi connectivity index (χ0v) is 18.5. The van der Waals surface area contributed by atoms with Gasteiger partial charge < -0.3 is 5.32 Å². The number of hydrogen-bond donors (Lipinski definition) is 1. The van der Waals surface area contributed by atoms with Crippen molar-refractivity contribution in [3.05, 3.63) is 94.8 Å². The van der Waals surface area contributed by atoms with E-state index in [1.54, 1.807) is 42.9 Å². The Labute approximate surface area is 192 Å². The van der Waals surface area contributed by atoms with Crippen LogP contribution in [0.1, 0.15) is 27.0 Å². The maximum absolute atomic E-state index is 13.2. The smallest absolute Gasteiger partial charge is 0.322 e. The molecule has 1 N–H and O–H groups in total. The second-order valence-electron chi connectivity index (χ2n) is 7.34. The van der Waals surface area contributed by atoms with Crippen LogP contribution in [0.25, 0.3) is 0 Å². The van der Waals surface area contributed by atoms with Crippen LogP contribution in [-0.2, 0) is 6.18 Å². The molecule has 0 aliphatic carbocycles. The van der Waals surface area contributed by atoms with Gasteiger partial charge in [0, 0.05) is 29.0 Å². The zero-order chi connectivity index (χ0) is 23.6. The number of pyridine rings is 1. The lowest BCUT2D eigenvalue weighted by Crippen LogP contribution is -2.16. The van der Waals surface area contributed by atoms with Crippen molar-refractivity contribution in [2.24, 2.45) is 0 Å². The molecule has 0 aliphatic rings. The maximum atomic E-state index is 13.2. The Morgan fingerprint density at radius 1 is 1.03 bits per heavy atom. The van der Waals surface area contributed by atoms with Crippen molar-refractivity contribution in [3.63, 3.8) is 0 Å². The van der Waals surface area contributed by atoms with E-state index in [0.717, 1.165) is 17.3 Å². The largest absolute Gasteiger partial charge is 0.416 e. The summed E-state index contributed by atoms with van der Waals surface area (Å²) in [5, 5.41) is 5.11. The Balaban J connectivity index is 1.69. The first-order valence-electron chi connectivity index (χ1n) is 9.93. The first-order valence-corrected chi connectivity index (χ1v) is 10.8. The van der Waals surface area contributed by atoms with Gasteiger partial charge in [0.15, 0.2) is 5.13 Å². The summed E-state index contributed by atoms with van der Waals surface area (Å²) in [6.45, 7) is 3.29. The molecule has 33 heavy (non-hydrogen) atoms. The van der Waals surface area contributed by atoms with E-state index < -0.39 is 17.6 Å². The first kappa shape index (κ1) is 22.5. The summed E-state index contributed by atoms with van der Waals surface area (Å²) in [4.78, 5) is 23.4. The van der Waals surface area contributed by atoms with E-state index >= 15 is 0 Å². The second-order valence-corrected chi connectivity index (χ2v) is 8.22. The fourth-order valence-electron chi connectivity index (χ4n) is 3.36. The quantitative estimate of drug-likeness (QED) is 0.346. The third kappa shape index (κ3) is 4.88. The highest BCUT2D eigenvalue weighted by atomic mass is 32.1. The number of carbonyl (C=O) groups is 1. The Morgan fingerprint density at radius 2 is 1.82 bits per heavy atom. The van der Waals surface area contributed by atoms with Gasteiger partial charge in [-0.2, -0.15) is 13.2 Å². The number of nitrogens with one attached hydrogen (secondary N) is 1. The molecule has 2 heterocycles. The van der Waals surface area contributed by atoms with Gasteiger partial charge >= 0.3 is 6.18 Å². The van der Waals surface area contributed by atoms with Crippen LogP contribution in [-0.4, -0.2) is 15.9 Å². The number of nitrogens with zero attached hydrogens (tertiary/aromatic N) is 3. The molecule has 9 heteroatoms. The second kappa shape index (κ2) is 9.03. The van der Waals surface area contributed by atoms with Crippen LogP contribution < -0.4 is 10.2 Å². The number of alkyl halides is 3. The molecule has 0 aliphatic heterocycles. The third-order valence-corrected chi connectivity index (χ3v) is 5.78. The maximum Gasteiger partial charge on any atom is 0.416 e. The van der Waals surface area contributed by atoms with Gasteiger partial charge in [-0.1, -0.05) is 12.1 Å². The van der Waals surface area contributed by atoms with Gasteiger partial charge in [0.05, 0.1) is 23.1 Å². The minimum atomic E-state index is -4.50. The number of aromatic nitrogens is 2. The number of aryl methyl sites for hydroxylation is 2. The van der Waals surface area contributed by atoms with Crippen LogP contribution in [0.2, 0.25) is 0 Å². The van der Waals surface area contributed by atoms with Gasteiger partial charge in [-0.15, -0.1) is 11.3 Å². The number of hydrogen-bond acceptors (Lipinski definition) is 5. The van der Waals surface area contributed by atoms with Crippen molar-refractivity contribution in [2.75, 3.05) is 10.2 Å². The van der Waals surface area contributed by atoms with Gasteiger partial charge in [0.1, 0.15) is 0 Å². The SMILES string of the molecule is Cc1ccc(C(=O)Nc2ccc(C)c(C(F)(F)F)c2)cc1N(c1cccnc1)c1nccs1. The molecule has 0 saturated heterocycles. The van der Waals surface area contributed by atoms with Gasteiger partial charge in [-0.25, -0.2) is 4.98 Å². The first-order chi connectivity index (χ1) is 15.7. The van der Waals surface area contributed by atoms with E-state index in [4.69, 9.17) is 0 Å². The van der Waals surface area contributed by atoms with E-state index in [-0.39, 0.29) is 11.3 Å². The highest BCUT2D eigenvalue weighted by molar-refractivity contribution is 7.13. The number of carbonyl (C=O) groups excluding carboxylic acids is 1. The number of thiazole rings is 1. The fraction of sp³-hybridized carbons (Fsp3) is 0.125. The van der Waals surface area contributed by atoms with Gasteiger partial charge in [-0.3, -0.25) is 14.7 Å². The molecule has 4 rings (SSSR count). The number of benzene rings is 2. The lowest BCUT2D eigenvalue weighted by Gasteiger charge is -2.24. The van der Waals surface area contributed by atoms with Gasteiger partial charge in [0.2, 0.25) is 0 Å². The molecule has 0 spiro atoms. The number of anilines is 4. The van der Waals surface area contributed by atoms with Crippen LogP contribution >= 0.6 is 11.3 Å². The minimum Gasteiger partial charge on any atom is -0.322 e. The number of rotatable bonds is 5. The van der Waals surface area contributed by atoms with Crippen LogP contribution in [0.4, 0.5) is 35.4 Å². The molecule has 168 valence electrons. The summed E-state index contributed by atoms with van der Waals surface area (Å²) in [7, 11) is 0. The molecule has 0 fully saturated rings. The predicted octanol–water partition coefficient (Wildman–Crippen LogP) is 6.90. The van der Waals surface area contributed by atoms with Crippen molar-refractivity contribution in [2.45, 2.75) is 20.0 Å². The Bertz CT molecular complexity index is 1270. The summed E-state index contributed by atoms with van der Waals surface area (Å²) < 4.78 is 39.7. The predicted molar refractivity (Wildman–Crippen MR) is 123 cm³/mol. The van der Waals surface area contributed by atoms with Crippen molar-refractivity contribution in [1.82, 2.24) is 9.97 Å². The number of amides is 1. The zero-order valence-electron chi connectivity index (χ0n) is 17.7. The molecule has 4 aromatic rings. The lowest BCUT2D eigenvalue weighted by molar-refractivity contribution is -0.138. The molecule has 0 atom stereocenters. The highest BCUT2D eigenvalue weighted by Gasteiger charge is 2.32. The monoisotopic (exact) mass is 468 g/mol. The summed E-state index contributed by atoms with van der Waals surface area (Å²) in [5.41, 5.74) is 2.05. The Kier molecular flexibility index (Phi) is 6.15. The highest BCUT2D eigenvalue weighted by Crippen LogP contribution is 2.38. The van der Waals surface area contributed by atoms with Crippen LogP contribution in [0.15, 0.2) is 72.5 Å². The van der Waals surface area contributed by atoms with Gasteiger partial charge in [0.25, 0.3) is 5.91 Å².